The second-order valence-electron chi connectivity index (χ2n) is 6.84. The summed E-state index contributed by atoms with van der Waals surface area (Å²) in [6, 6.07) is 6.07. The number of halogens is 4. The van der Waals surface area contributed by atoms with Gasteiger partial charge in [-0.2, -0.15) is 23.4 Å². The number of nitrogen functional groups attached to an aromatic ring is 1. The number of hydrogen-bond acceptors (Lipinski definition) is 8. The van der Waals surface area contributed by atoms with Crippen molar-refractivity contribution in [1.29, 1.82) is 0 Å². The van der Waals surface area contributed by atoms with E-state index in [4.69, 9.17) is 17.3 Å². The Morgan fingerprint density at radius 1 is 1.15 bits per heavy atom. The molecular weight excluding hydrogens is 495 g/mol. The second kappa shape index (κ2) is 8.07. The Bertz CT molecular complexity index is 1540. The number of anilines is 2. The van der Waals surface area contributed by atoms with E-state index in [1.807, 2.05) is 0 Å². The van der Waals surface area contributed by atoms with Crippen molar-refractivity contribution >= 4 is 50.6 Å². The molecule has 0 spiro atoms. The minimum Gasteiger partial charge on any atom is -0.381 e. The third kappa shape index (κ3) is 3.82. The number of carbonyl (C=O) groups excluding carboxylic acids is 1. The van der Waals surface area contributed by atoms with Crippen molar-refractivity contribution in [3.63, 3.8) is 0 Å². The molecule has 0 aliphatic rings. The van der Waals surface area contributed by atoms with Gasteiger partial charge in [0.1, 0.15) is 5.52 Å². The fourth-order valence-electron chi connectivity index (χ4n) is 3.23. The lowest BCUT2D eigenvalue weighted by Gasteiger charge is -2.13. The summed E-state index contributed by atoms with van der Waals surface area (Å²) in [5.41, 5.74) is 5.62. The quantitative estimate of drug-likeness (QED) is 0.378. The molecular formula is C19H11ClF3N9OS. The van der Waals surface area contributed by atoms with Crippen LogP contribution in [-0.4, -0.2) is 40.6 Å². The molecule has 5 aromatic rings. The van der Waals surface area contributed by atoms with Gasteiger partial charge < -0.3 is 11.1 Å². The molecule has 0 aliphatic carbocycles. The number of aromatic nitrogens is 7. The summed E-state index contributed by atoms with van der Waals surface area (Å²) in [7, 11) is 0. The van der Waals surface area contributed by atoms with Crippen molar-refractivity contribution in [3.8, 4) is 11.5 Å². The SMILES string of the molecule is Nc1cnn(-c2ncc(NC(=O)c3cnn(-c4cccc5scnc45)c3C(F)(F)F)cc2Cl)n1. The molecule has 0 bridgehead atoms. The first-order valence-corrected chi connectivity index (χ1v) is 10.6. The van der Waals surface area contributed by atoms with Gasteiger partial charge in [-0.05, 0) is 18.2 Å². The molecule has 0 atom stereocenters. The van der Waals surface area contributed by atoms with Crippen LogP contribution < -0.4 is 11.1 Å². The summed E-state index contributed by atoms with van der Waals surface area (Å²) >= 11 is 7.45. The average Bonchev–Trinajstić information content (AvgIpc) is 3.52. The number of nitrogens with zero attached hydrogens (tertiary/aromatic N) is 7. The van der Waals surface area contributed by atoms with Crippen LogP contribution in [0.15, 0.2) is 48.4 Å². The fraction of sp³-hybridized carbons (Fsp3) is 0.0526. The van der Waals surface area contributed by atoms with Gasteiger partial charge in [0, 0.05) is 0 Å². The monoisotopic (exact) mass is 505 g/mol. The summed E-state index contributed by atoms with van der Waals surface area (Å²) in [6.07, 6.45) is -1.54. The van der Waals surface area contributed by atoms with E-state index in [2.05, 4.69) is 30.6 Å². The minimum absolute atomic E-state index is 0.0374. The standard InChI is InChI=1S/C19H11ClF3N9OS/c20-11-4-9(5-25-17(11)32-28-7-14(24)30-32)29-18(33)10-6-27-31(16(10)19(21,22)23)12-2-1-3-13-15(12)26-8-34-13/h1-8H,(H2,24,30)(H,29,33). The zero-order chi connectivity index (χ0) is 24.0. The maximum Gasteiger partial charge on any atom is 0.434 e. The average molecular weight is 506 g/mol. The summed E-state index contributed by atoms with van der Waals surface area (Å²) in [5.74, 6) is -0.784. The smallest absolute Gasteiger partial charge is 0.381 e. The Hall–Kier alpha value is -4.04. The molecule has 0 radical (unpaired) electrons. The van der Waals surface area contributed by atoms with Crippen LogP contribution in [0.3, 0.4) is 0 Å². The largest absolute Gasteiger partial charge is 0.434 e. The normalized spacial score (nSPS) is 11.8. The number of rotatable bonds is 4. The van der Waals surface area contributed by atoms with Gasteiger partial charge in [0.05, 0.1) is 50.8 Å². The van der Waals surface area contributed by atoms with Gasteiger partial charge >= 0.3 is 6.18 Å². The van der Waals surface area contributed by atoms with Crippen LogP contribution in [0.5, 0.6) is 0 Å². The zero-order valence-corrected chi connectivity index (χ0v) is 18.2. The van der Waals surface area contributed by atoms with Gasteiger partial charge in [-0.25, -0.2) is 14.6 Å². The number of amides is 1. The number of thiazole rings is 1. The molecule has 0 aliphatic heterocycles. The van der Waals surface area contributed by atoms with Crippen molar-refractivity contribution in [2.24, 2.45) is 0 Å². The fourth-order valence-corrected chi connectivity index (χ4v) is 4.17. The Labute approximate surface area is 196 Å². The molecule has 15 heteroatoms. The number of benzene rings is 1. The first kappa shape index (κ1) is 21.8. The van der Waals surface area contributed by atoms with Crippen molar-refractivity contribution in [2.75, 3.05) is 11.1 Å². The molecule has 34 heavy (non-hydrogen) atoms. The van der Waals surface area contributed by atoms with Crippen LogP contribution >= 0.6 is 22.9 Å². The molecule has 1 aromatic carbocycles. The molecule has 172 valence electrons. The van der Waals surface area contributed by atoms with Gasteiger partial charge in [0.15, 0.2) is 17.3 Å². The maximum atomic E-state index is 14.0. The highest BCUT2D eigenvalue weighted by atomic mass is 35.5. The van der Waals surface area contributed by atoms with E-state index in [1.54, 1.807) is 12.1 Å². The molecule has 4 aromatic heterocycles. The number of hydrogen-bond donors (Lipinski definition) is 2. The lowest BCUT2D eigenvalue weighted by atomic mass is 10.2. The van der Waals surface area contributed by atoms with E-state index in [1.165, 1.54) is 41.4 Å². The number of para-hydroxylation sites is 1. The van der Waals surface area contributed by atoms with Crippen molar-refractivity contribution < 1.29 is 18.0 Å². The van der Waals surface area contributed by atoms with Gasteiger partial charge in [0.2, 0.25) is 0 Å². The molecule has 0 saturated carbocycles. The lowest BCUT2D eigenvalue weighted by Crippen LogP contribution is -2.21. The first-order valence-electron chi connectivity index (χ1n) is 9.35. The Morgan fingerprint density at radius 2 is 1.97 bits per heavy atom. The predicted molar refractivity (Wildman–Crippen MR) is 118 cm³/mol. The highest BCUT2D eigenvalue weighted by Gasteiger charge is 2.41. The van der Waals surface area contributed by atoms with Crippen molar-refractivity contribution in [2.45, 2.75) is 6.18 Å². The number of nitrogens with two attached hydrogens (primary N) is 1. The molecule has 0 saturated heterocycles. The molecule has 3 N–H and O–H groups in total. The lowest BCUT2D eigenvalue weighted by molar-refractivity contribution is -0.143. The summed E-state index contributed by atoms with van der Waals surface area (Å²) in [6.45, 7) is 0. The summed E-state index contributed by atoms with van der Waals surface area (Å²) in [4.78, 5) is 22.1. The Morgan fingerprint density at radius 3 is 2.68 bits per heavy atom. The number of carbonyl (C=O) groups is 1. The summed E-state index contributed by atoms with van der Waals surface area (Å²) in [5, 5.41) is 14.0. The highest BCUT2D eigenvalue weighted by molar-refractivity contribution is 7.16. The van der Waals surface area contributed by atoms with Gasteiger partial charge in [-0.3, -0.25) is 4.79 Å². The molecule has 4 heterocycles. The predicted octanol–water partition coefficient (Wildman–Crippen LogP) is 3.96. The van der Waals surface area contributed by atoms with E-state index in [9.17, 15) is 18.0 Å². The third-order valence-electron chi connectivity index (χ3n) is 4.63. The van der Waals surface area contributed by atoms with E-state index < -0.39 is 23.3 Å². The molecule has 10 nitrogen and oxygen atoms in total. The van der Waals surface area contributed by atoms with Crippen LogP contribution in [-0.2, 0) is 6.18 Å². The Balaban J connectivity index is 1.50. The molecule has 0 unspecified atom stereocenters. The van der Waals surface area contributed by atoms with E-state index in [0.29, 0.717) is 14.9 Å². The van der Waals surface area contributed by atoms with Gasteiger partial charge in [-0.15, -0.1) is 21.2 Å². The number of alkyl halides is 3. The molecule has 5 rings (SSSR count). The van der Waals surface area contributed by atoms with E-state index in [-0.39, 0.29) is 28.0 Å². The van der Waals surface area contributed by atoms with Crippen LogP contribution in [0, 0.1) is 0 Å². The highest BCUT2D eigenvalue weighted by Crippen LogP contribution is 2.36. The summed E-state index contributed by atoms with van der Waals surface area (Å²) < 4.78 is 43.5. The number of fused-ring (bicyclic) bond motifs is 1. The number of pyridine rings is 1. The Kier molecular flexibility index (Phi) is 5.17. The van der Waals surface area contributed by atoms with Crippen molar-refractivity contribution in [1.82, 2.24) is 34.7 Å². The topological polar surface area (TPSA) is 129 Å². The maximum absolute atomic E-state index is 14.0. The third-order valence-corrected chi connectivity index (χ3v) is 5.70. The minimum atomic E-state index is -4.88. The molecule has 1 amide bonds. The zero-order valence-electron chi connectivity index (χ0n) is 16.7. The van der Waals surface area contributed by atoms with Crippen LogP contribution in [0.2, 0.25) is 5.02 Å². The van der Waals surface area contributed by atoms with Crippen LogP contribution in [0.25, 0.3) is 21.7 Å². The van der Waals surface area contributed by atoms with Crippen LogP contribution in [0.1, 0.15) is 16.1 Å². The van der Waals surface area contributed by atoms with Gasteiger partial charge in [0.25, 0.3) is 5.91 Å². The van der Waals surface area contributed by atoms with Crippen LogP contribution in [0.4, 0.5) is 24.7 Å². The number of nitrogens with one attached hydrogen (secondary N) is 1. The molecule has 0 fully saturated rings. The van der Waals surface area contributed by atoms with Crippen molar-refractivity contribution in [3.05, 3.63) is 64.6 Å². The van der Waals surface area contributed by atoms with E-state index in [0.717, 1.165) is 11.0 Å². The van der Waals surface area contributed by atoms with Gasteiger partial charge in [-0.1, -0.05) is 17.7 Å². The van der Waals surface area contributed by atoms with E-state index >= 15 is 0 Å². The second-order valence-corrected chi connectivity index (χ2v) is 8.13. The first-order chi connectivity index (χ1) is 16.2.